The average Bonchev–Trinajstić information content (AvgIpc) is 3.16. The molecule has 4 nitrogen and oxygen atoms in total. The van der Waals surface area contributed by atoms with Gasteiger partial charge in [0.2, 0.25) is 0 Å². The zero-order valence-corrected chi connectivity index (χ0v) is 14.8. The van der Waals surface area contributed by atoms with Crippen molar-refractivity contribution in [2.45, 2.75) is 55.5 Å². The number of alkyl halides is 1. The highest BCUT2D eigenvalue weighted by atomic mass is 35.5. The zero-order valence-electron chi connectivity index (χ0n) is 14.0. The van der Waals surface area contributed by atoms with Crippen LogP contribution >= 0.6 is 11.6 Å². The van der Waals surface area contributed by atoms with Crippen molar-refractivity contribution < 1.29 is 5.11 Å². The Morgan fingerprint density at radius 1 is 1.33 bits per heavy atom. The number of hydrogen-bond acceptors (Lipinski definition) is 3. The lowest BCUT2D eigenvalue weighted by molar-refractivity contribution is -0.0143. The summed E-state index contributed by atoms with van der Waals surface area (Å²) in [6, 6.07) is 12.3. The summed E-state index contributed by atoms with van der Waals surface area (Å²) in [6.07, 6.45) is 5.17. The van der Waals surface area contributed by atoms with Gasteiger partial charge in [-0.05, 0) is 30.2 Å². The number of aromatic nitrogens is 2. The summed E-state index contributed by atoms with van der Waals surface area (Å²) in [7, 11) is 0. The van der Waals surface area contributed by atoms with Gasteiger partial charge in [0.05, 0.1) is 23.9 Å². The van der Waals surface area contributed by atoms with Crippen molar-refractivity contribution in [1.29, 1.82) is 5.26 Å². The fourth-order valence-electron chi connectivity index (χ4n) is 3.48. The molecule has 1 aliphatic carbocycles. The van der Waals surface area contributed by atoms with E-state index in [-0.39, 0.29) is 12.0 Å². The van der Waals surface area contributed by atoms with Gasteiger partial charge in [-0.1, -0.05) is 44.2 Å². The molecule has 126 valence electrons. The van der Waals surface area contributed by atoms with Crippen LogP contribution in [0.15, 0.2) is 42.9 Å². The number of aliphatic hydroxyl groups is 1. The normalized spacial score (nSPS) is 18.6. The van der Waals surface area contributed by atoms with Gasteiger partial charge < -0.3 is 9.67 Å². The molecule has 0 bridgehead atoms. The SMILES string of the molecule is CC(C)(CC(O)(Cn1cncc1C#N)C1(Cl)CC1)c1ccccc1. The van der Waals surface area contributed by atoms with E-state index >= 15 is 0 Å². The number of nitriles is 1. The van der Waals surface area contributed by atoms with Gasteiger partial charge in [-0.2, -0.15) is 5.26 Å². The Bertz CT molecular complexity index is 758. The summed E-state index contributed by atoms with van der Waals surface area (Å²) >= 11 is 6.69. The molecule has 24 heavy (non-hydrogen) atoms. The average molecular weight is 344 g/mol. The molecule has 0 spiro atoms. The Morgan fingerprint density at radius 2 is 2.00 bits per heavy atom. The van der Waals surface area contributed by atoms with Crippen molar-refractivity contribution in [2.75, 3.05) is 0 Å². The maximum atomic E-state index is 11.5. The van der Waals surface area contributed by atoms with Gasteiger partial charge in [-0.15, -0.1) is 11.6 Å². The molecule has 1 atom stereocenters. The summed E-state index contributed by atoms with van der Waals surface area (Å²) in [5, 5.41) is 20.7. The summed E-state index contributed by atoms with van der Waals surface area (Å²) in [4.78, 5) is 3.39. The van der Waals surface area contributed by atoms with Crippen LogP contribution in [0, 0.1) is 11.3 Å². The highest BCUT2D eigenvalue weighted by Crippen LogP contribution is 2.55. The van der Waals surface area contributed by atoms with E-state index in [1.54, 1.807) is 10.9 Å². The molecule has 0 amide bonds. The number of rotatable bonds is 6. The number of nitrogens with zero attached hydrogens (tertiary/aromatic N) is 3. The largest absolute Gasteiger partial charge is 0.386 e. The highest BCUT2D eigenvalue weighted by molar-refractivity contribution is 6.26. The monoisotopic (exact) mass is 343 g/mol. The predicted octanol–water partition coefficient (Wildman–Crippen LogP) is 3.63. The maximum absolute atomic E-state index is 11.5. The molecule has 1 aromatic carbocycles. The first kappa shape index (κ1) is 17.0. The van der Waals surface area contributed by atoms with Crippen molar-refractivity contribution in [3.63, 3.8) is 0 Å². The van der Waals surface area contributed by atoms with Gasteiger partial charge in [0.1, 0.15) is 17.4 Å². The molecule has 0 aliphatic heterocycles. The Hall–Kier alpha value is -1.83. The lowest BCUT2D eigenvalue weighted by Crippen LogP contribution is -2.49. The van der Waals surface area contributed by atoms with Crippen molar-refractivity contribution >= 4 is 11.6 Å². The lowest BCUT2D eigenvalue weighted by atomic mass is 9.73. The van der Waals surface area contributed by atoms with E-state index in [0.717, 1.165) is 18.4 Å². The molecule has 5 heteroatoms. The van der Waals surface area contributed by atoms with Crippen LogP contribution in [-0.2, 0) is 12.0 Å². The number of imidazole rings is 1. The van der Waals surface area contributed by atoms with Crippen LogP contribution in [0.4, 0.5) is 0 Å². The molecule has 3 rings (SSSR count). The standard InChI is InChI=1S/C19H22ClN3O/c1-17(2,15-6-4-3-5-7-15)12-19(24,18(20)8-9-18)13-23-14-22-11-16(23)10-21/h3-7,11,14,24H,8-9,12-13H2,1-2H3. The maximum Gasteiger partial charge on any atom is 0.139 e. The van der Waals surface area contributed by atoms with E-state index in [0.29, 0.717) is 12.1 Å². The van der Waals surface area contributed by atoms with Crippen LogP contribution in [-0.4, -0.2) is 25.1 Å². The smallest absolute Gasteiger partial charge is 0.139 e. The Morgan fingerprint density at radius 3 is 2.58 bits per heavy atom. The van der Waals surface area contributed by atoms with E-state index in [4.69, 9.17) is 11.6 Å². The Kier molecular flexibility index (Phi) is 4.19. The first-order chi connectivity index (χ1) is 11.3. The van der Waals surface area contributed by atoms with Crippen molar-refractivity contribution in [3.05, 3.63) is 54.1 Å². The molecule has 0 saturated heterocycles. The third-order valence-electron chi connectivity index (χ3n) is 5.07. The second-order valence-electron chi connectivity index (χ2n) is 7.44. The summed E-state index contributed by atoms with van der Waals surface area (Å²) in [6.45, 7) is 4.51. The molecular formula is C19H22ClN3O. The van der Waals surface area contributed by atoms with Crippen molar-refractivity contribution in [2.24, 2.45) is 0 Å². The summed E-state index contributed by atoms with van der Waals surface area (Å²) < 4.78 is 1.70. The minimum absolute atomic E-state index is 0.242. The molecule has 1 heterocycles. The van der Waals surface area contributed by atoms with Crippen LogP contribution in [0.5, 0.6) is 0 Å². The molecule has 1 aromatic heterocycles. The molecule has 1 fully saturated rings. The Balaban J connectivity index is 1.91. The van der Waals surface area contributed by atoms with Crippen molar-refractivity contribution in [1.82, 2.24) is 9.55 Å². The third kappa shape index (κ3) is 3.07. The van der Waals surface area contributed by atoms with Crippen molar-refractivity contribution in [3.8, 4) is 6.07 Å². The van der Waals surface area contributed by atoms with Gasteiger partial charge in [0.15, 0.2) is 0 Å². The third-order valence-corrected chi connectivity index (χ3v) is 5.80. The van der Waals surface area contributed by atoms with Gasteiger partial charge >= 0.3 is 0 Å². The van der Waals surface area contributed by atoms with E-state index in [1.165, 1.54) is 6.20 Å². The minimum atomic E-state index is -1.11. The van der Waals surface area contributed by atoms with Gasteiger partial charge in [0.25, 0.3) is 0 Å². The van der Waals surface area contributed by atoms with Crippen LogP contribution < -0.4 is 0 Å². The summed E-state index contributed by atoms with van der Waals surface area (Å²) in [5.74, 6) is 0. The summed E-state index contributed by atoms with van der Waals surface area (Å²) in [5.41, 5.74) is 0.246. The molecule has 1 aliphatic rings. The quantitative estimate of drug-likeness (QED) is 0.815. The van der Waals surface area contributed by atoms with Crippen LogP contribution in [0.3, 0.4) is 0 Å². The number of halogens is 1. The fourth-order valence-corrected chi connectivity index (χ4v) is 3.70. The van der Waals surface area contributed by atoms with Crippen LogP contribution in [0.25, 0.3) is 0 Å². The topological polar surface area (TPSA) is 61.8 Å². The molecule has 1 saturated carbocycles. The van der Waals surface area contributed by atoms with Gasteiger partial charge in [-0.25, -0.2) is 4.98 Å². The van der Waals surface area contributed by atoms with E-state index in [2.05, 4.69) is 37.0 Å². The highest BCUT2D eigenvalue weighted by Gasteiger charge is 2.59. The van der Waals surface area contributed by atoms with Crippen LogP contribution in [0.1, 0.15) is 44.4 Å². The van der Waals surface area contributed by atoms with E-state index in [9.17, 15) is 10.4 Å². The first-order valence-electron chi connectivity index (χ1n) is 8.17. The zero-order chi connectivity index (χ0) is 17.4. The number of benzene rings is 1. The number of hydrogen-bond donors (Lipinski definition) is 1. The molecular weight excluding hydrogens is 322 g/mol. The second kappa shape index (κ2) is 5.91. The molecule has 1 unspecified atom stereocenters. The fraction of sp³-hybridized carbons (Fsp3) is 0.474. The molecule has 1 N–H and O–H groups in total. The van der Waals surface area contributed by atoms with Gasteiger partial charge in [0, 0.05) is 0 Å². The minimum Gasteiger partial charge on any atom is -0.386 e. The first-order valence-corrected chi connectivity index (χ1v) is 8.55. The second-order valence-corrected chi connectivity index (χ2v) is 8.17. The predicted molar refractivity (Wildman–Crippen MR) is 93.8 cm³/mol. The van der Waals surface area contributed by atoms with E-state index < -0.39 is 10.5 Å². The molecule has 2 aromatic rings. The van der Waals surface area contributed by atoms with Crippen LogP contribution in [0.2, 0.25) is 0 Å². The molecule has 0 radical (unpaired) electrons. The van der Waals surface area contributed by atoms with E-state index in [1.807, 2.05) is 18.2 Å². The lowest BCUT2D eigenvalue weighted by Gasteiger charge is -2.40. The Labute approximate surface area is 147 Å². The van der Waals surface area contributed by atoms with Gasteiger partial charge in [-0.3, -0.25) is 0 Å².